The second-order valence-corrected chi connectivity index (χ2v) is 4.76. The normalized spacial score (nSPS) is 11.2. The van der Waals surface area contributed by atoms with Crippen molar-refractivity contribution in [2.45, 2.75) is 12.7 Å². The predicted octanol–water partition coefficient (Wildman–Crippen LogP) is 2.35. The molecule has 0 bridgehead atoms. The first-order valence-corrected chi connectivity index (χ1v) is 6.96. The first-order chi connectivity index (χ1) is 11.4. The highest BCUT2D eigenvalue weighted by Crippen LogP contribution is 2.30. The zero-order valence-electron chi connectivity index (χ0n) is 13.1. The van der Waals surface area contributed by atoms with Gasteiger partial charge in [0.15, 0.2) is 17.2 Å². The number of carbonyl (C=O) groups excluding carboxylic acids is 1. The van der Waals surface area contributed by atoms with E-state index in [9.17, 15) is 18.0 Å². The fraction of sp³-hybridized carbons (Fsp3) is 0.333. The van der Waals surface area contributed by atoms with Crippen molar-refractivity contribution in [1.29, 1.82) is 0 Å². The Balaban J connectivity index is 1.98. The molecule has 0 aliphatic rings. The lowest BCUT2D eigenvalue weighted by atomic mass is 10.1. The van der Waals surface area contributed by atoms with E-state index in [0.29, 0.717) is 5.75 Å². The third-order valence-electron chi connectivity index (χ3n) is 3.21. The van der Waals surface area contributed by atoms with Gasteiger partial charge in [0.25, 0.3) is 5.91 Å². The summed E-state index contributed by atoms with van der Waals surface area (Å²) in [7, 11) is 2.87. The van der Waals surface area contributed by atoms with E-state index >= 15 is 0 Å². The molecule has 1 aromatic heterocycles. The maximum absolute atomic E-state index is 12.5. The molecule has 1 N–H and O–H groups in total. The van der Waals surface area contributed by atoms with Crippen molar-refractivity contribution in [3.05, 3.63) is 41.7 Å². The van der Waals surface area contributed by atoms with Crippen molar-refractivity contribution in [3.8, 4) is 11.5 Å². The van der Waals surface area contributed by atoms with Gasteiger partial charge in [-0.2, -0.15) is 18.3 Å². The average Bonchev–Trinajstić information content (AvgIpc) is 3.03. The number of para-hydroxylation sites is 1. The number of methoxy groups -OCH3 is 2. The summed E-state index contributed by atoms with van der Waals surface area (Å²) in [6.07, 6.45) is -3.27. The van der Waals surface area contributed by atoms with E-state index in [1.54, 1.807) is 18.2 Å². The number of ether oxygens (including phenoxy) is 2. The van der Waals surface area contributed by atoms with Crippen molar-refractivity contribution in [1.82, 2.24) is 15.1 Å². The lowest BCUT2D eigenvalue weighted by molar-refractivity contribution is -0.141. The smallest absolute Gasteiger partial charge is 0.435 e. The summed E-state index contributed by atoms with van der Waals surface area (Å²) in [5, 5.41) is 6.01. The Kier molecular flexibility index (Phi) is 5.32. The van der Waals surface area contributed by atoms with Gasteiger partial charge >= 0.3 is 6.18 Å². The molecular formula is C15H16F3N3O3. The summed E-state index contributed by atoms with van der Waals surface area (Å²) >= 11 is 0. The molecule has 0 saturated heterocycles. The van der Waals surface area contributed by atoms with Crippen LogP contribution in [0.5, 0.6) is 11.5 Å². The number of nitrogens with zero attached hydrogens (tertiary/aromatic N) is 2. The Morgan fingerprint density at radius 2 is 2.00 bits per heavy atom. The van der Waals surface area contributed by atoms with E-state index in [1.165, 1.54) is 20.4 Å². The molecule has 0 saturated carbocycles. The maximum atomic E-state index is 12.5. The van der Waals surface area contributed by atoms with Crippen molar-refractivity contribution < 1.29 is 27.4 Å². The minimum Gasteiger partial charge on any atom is -0.493 e. The molecule has 2 aromatic rings. The topological polar surface area (TPSA) is 65.4 Å². The second kappa shape index (κ2) is 7.24. The molecule has 0 spiro atoms. The van der Waals surface area contributed by atoms with E-state index < -0.39 is 17.8 Å². The average molecular weight is 343 g/mol. The molecule has 0 radical (unpaired) electrons. The molecule has 24 heavy (non-hydrogen) atoms. The highest BCUT2D eigenvalue weighted by Gasteiger charge is 2.33. The van der Waals surface area contributed by atoms with Gasteiger partial charge in [0, 0.05) is 12.7 Å². The fourth-order valence-corrected chi connectivity index (χ4v) is 2.08. The van der Waals surface area contributed by atoms with Gasteiger partial charge in [0.1, 0.15) is 0 Å². The molecule has 1 heterocycles. The van der Waals surface area contributed by atoms with Crippen LogP contribution in [0.1, 0.15) is 16.1 Å². The molecule has 6 nitrogen and oxygen atoms in total. The van der Waals surface area contributed by atoms with Gasteiger partial charge in [0.2, 0.25) is 0 Å². The van der Waals surface area contributed by atoms with Crippen LogP contribution in [-0.4, -0.2) is 36.5 Å². The minimum absolute atomic E-state index is 0.105. The highest BCUT2D eigenvalue weighted by atomic mass is 19.4. The van der Waals surface area contributed by atoms with Crippen molar-refractivity contribution in [2.24, 2.45) is 0 Å². The standard InChI is InChI=1S/C15H16F3N3O3/c1-23-11-5-3-4-10(13(11)24-2)14(22)19-7-9-21-8-6-12(20-21)15(16,17)18/h3-6,8H,7,9H2,1-2H3,(H,19,22). The van der Waals surface area contributed by atoms with Gasteiger partial charge in [-0.3, -0.25) is 9.48 Å². The minimum atomic E-state index is -4.48. The molecule has 1 amide bonds. The van der Waals surface area contributed by atoms with E-state index in [-0.39, 0.29) is 24.4 Å². The third kappa shape index (κ3) is 3.98. The molecule has 0 fully saturated rings. The first kappa shape index (κ1) is 17.6. The summed E-state index contributed by atoms with van der Waals surface area (Å²) in [5.41, 5.74) is -0.698. The Morgan fingerprint density at radius 1 is 1.25 bits per heavy atom. The predicted molar refractivity (Wildman–Crippen MR) is 79.1 cm³/mol. The number of halogens is 3. The van der Waals surface area contributed by atoms with E-state index in [4.69, 9.17) is 9.47 Å². The number of aromatic nitrogens is 2. The van der Waals surface area contributed by atoms with Gasteiger partial charge in [-0.15, -0.1) is 0 Å². The molecule has 130 valence electrons. The monoisotopic (exact) mass is 343 g/mol. The van der Waals surface area contributed by atoms with Crippen LogP contribution >= 0.6 is 0 Å². The van der Waals surface area contributed by atoms with Gasteiger partial charge < -0.3 is 14.8 Å². The summed E-state index contributed by atoms with van der Waals surface area (Å²) in [4.78, 5) is 12.2. The number of rotatable bonds is 6. The van der Waals surface area contributed by atoms with Crippen molar-refractivity contribution >= 4 is 5.91 Å². The highest BCUT2D eigenvalue weighted by molar-refractivity contribution is 5.97. The number of hydrogen-bond acceptors (Lipinski definition) is 4. The summed E-state index contributed by atoms with van der Waals surface area (Å²) in [6.45, 7) is 0.215. The Bertz CT molecular complexity index is 713. The van der Waals surface area contributed by atoms with Crippen molar-refractivity contribution in [3.63, 3.8) is 0 Å². The second-order valence-electron chi connectivity index (χ2n) is 4.76. The number of amides is 1. The number of carbonyl (C=O) groups is 1. The number of nitrogens with one attached hydrogen (secondary N) is 1. The van der Waals surface area contributed by atoms with E-state index in [2.05, 4.69) is 10.4 Å². The van der Waals surface area contributed by atoms with Crippen LogP contribution in [-0.2, 0) is 12.7 Å². The lowest BCUT2D eigenvalue weighted by Gasteiger charge is -2.12. The van der Waals surface area contributed by atoms with Crippen LogP contribution in [0.2, 0.25) is 0 Å². The zero-order chi connectivity index (χ0) is 17.7. The molecule has 0 atom stereocenters. The summed E-state index contributed by atoms with van der Waals surface area (Å²) < 4.78 is 48.8. The first-order valence-electron chi connectivity index (χ1n) is 6.96. The molecule has 0 unspecified atom stereocenters. The lowest BCUT2D eigenvalue weighted by Crippen LogP contribution is -2.28. The fourth-order valence-electron chi connectivity index (χ4n) is 2.08. The Hall–Kier alpha value is -2.71. The summed E-state index contributed by atoms with van der Waals surface area (Å²) in [6, 6.07) is 5.73. The Morgan fingerprint density at radius 3 is 2.58 bits per heavy atom. The molecule has 1 aromatic carbocycles. The van der Waals surface area contributed by atoms with Gasteiger partial charge in [-0.1, -0.05) is 6.07 Å². The molecular weight excluding hydrogens is 327 g/mol. The van der Waals surface area contributed by atoms with Crippen LogP contribution in [0.25, 0.3) is 0 Å². The van der Waals surface area contributed by atoms with Crippen LogP contribution in [0.4, 0.5) is 13.2 Å². The van der Waals surface area contributed by atoms with Gasteiger partial charge in [0.05, 0.1) is 26.3 Å². The molecule has 0 aliphatic heterocycles. The number of hydrogen-bond donors (Lipinski definition) is 1. The van der Waals surface area contributed by atoms with Crippen LogP contribution in [0.15, 0.2) is 30.5 Å². The van der Waals surface area contributed by atoms with Crippen LogP contribution < -0.4 is 14.8 Å². The quantitative estimate of drug-likeness (QED) is 0.874. The van der Waals surface area contributed by atoms with E-state index in [1.807, 2.05) is 0 Å². The largest absolute Gasteiger partial charge is 0.493 e. The summed E-state index contributed by atoms with van der Waals surface area (Å²) in [5.74, 6) is 0.275. The molecule has 0 aliphatic carbocycles. The SMILES string of the molecule is COc1cccc(C(=O)NCCn2ccc(C(F)(F)F)n2)c1OC. The Labute approximate surface area is 136 Å². The van der Waals surface area contributed by atoms with Gasteiger partial charge in [-0.05, 0) is 18.2 Å². The number of benzene rings is 1. The van der Waals surface area contributed by atoms with Crippen molar-refractivity contribution in [2.75, 3.05) is 20.8 Å². The zero-order valence-corrected chi connectivity index (χ0v) is 13.1. The van der Waals surface area contributed by atoms with Crippen LogP contribution in [0, 0.1) is 0 Å². The van der Waals surface area contributed by atoms with E-state index in [0.717, 1.165) is 10.7 Å². The van der Waals surface area contributed by atoms with Gasteiger partial charge in [-0.25, -0.2) is 0 Å². The molecule has 2 rings (SSSR count). The number of alkyl halides is 3. The van der Waals surface area contributed by atoms with Crippen LogP contribution in [0.3, 0.4) is 0 Å². The molecule has 9 heteroatoms. The third-order valence-corrected chi connectivity index (χ3v) is 3.21. The maximum Gasteiger partial charge on any atom is 0.435 e.